The minimum absolute atomic E-state index is 0.337. The molecule has 2 aromatic rings. The first-order chi connectivity index (χ1) is 10.2. The van der Waals surface area contributed by atoms with Crippen LogP contribution in [-0.4, -0.2) is 33.6 Å². The van der Waals surface area contributed by atoms with Crippen molar-refractivity contribution in [2.45, 2.75) is 32.4 Å². The lowest BCUT2D eigenvalue weighted by atomic mass is 10.1. The summed E-state index contributed by atoms with van der Waals surface area (Å²) in [5.41, 5.74) is 1.22. The van der Waals surface area contributed by atoms with Crippen LogP contribution < -0.4 is 4.74 Å². The lowest BCUT2D eigenvalue weighted by molar-refractivity contribution is 0.0944. The van der Waals surface area contributed by atoms with E-state index in [9.17, 15) is 0 Å². The average molecular weight is 285 g/mol. The number of aryl methyl sites for hydroxylation is 2. The van der Waals surface area contributed by atoms with Crippen LogP contribution in [0.5, 0.6) is 5.75 Å². The van der Waals surface area contributed by atoms with E-state index in [-0.39, 0.29) is 0 Å². The van der Waals surface area contributed by atoms with Crippen LogP contribution in [0.3, 0.4) is 0 Å². The fraction of sp³-hybridized carbons (Fsp3) is 0.471. The van der Waals surface area contributed by atoms with Crippen molar-refractivity contribution >= 4 is 0 Å². The molecule has 2 heterocycles. The second-order valence-corrected chi connectivity index (χ2v) is 5.81. The molecule has 112 valence electrons. The summed E-state index contributed by atoms with van der Waals surface area (Å²) in [6, 6.07) is 8.26. The van der Waals surface area contributed by atoms with Gasteiger partial charge in [0, 0.05) is 32.5 Å². The van der Waals surface area contributed by atoms with Crippen molar-refractivity contribution in [3.05, 3.63) is 48.0 Å². The van der Waals surface area contributed by atoms with Crippen molar-refractivity contribution in [3.8, 4) is 5.75 Å². The van der Waals surface area contributed by atoms with E-state index in [0.29, 0.717) is 6.10 Å². The normalized spacial score (nSPS) is 17.0. The maximum absolute atomic E-state index is 6.15. The molecule has 0 aliphatic carbocycles. The molecular weight excluding hydrogens is 262 g/mol. The summed E-state index contributed by atoms with van der Waals surface area (Å²) in [5, 5.41) is 0. The van der Waals surface area contributed by atoms with Crippen LogP contribution in [0.1, 0.15) is 24.2 Å². The van der Waals surface area contributed by atoms with E-state index in [4.69, 9.17) is 4.74 Å². The highest BCUT2D eigenvalue weighted by molar-refractivity contribution is 5.31. The Hall–Kier alpha value is -1.81. The van der Waals surface area contributed by atoms with Crippen LogP contribution >= 0.6 is 0 Å². The van der Waals surface area contributed by atoms with Crippen LogP contribution in [0.25, 0.3) is 0 Å². The van der Waals surface area contributed by atoms with E-state index in [0.717, 1.165) is 44.0 Å². The molecule has 0 bridgehead atoms. The first kappa shape index (κ1) is 14.1. The number of hydrogen-bond donors (Lipinski definition) is 0. The quantitative estimate of drug-likeness (QED) is 0.865. The van der Waals surface area contributed by atoms with Gasteiger partial charge in [-0.3, -0.25) is 4.90 Å². The van der Waals surface area contributed by atoms with Gasteiger partial charge in [-0.25, -0.2) is 4.98 Å². The Morgan fingerprint density at radius 2 is 2.00 bits per heavy atom. The number of nitrogens with zero attached hydrogens (tertiary/aromatic N) is 3. The molecule has 1 saturated heterocycles. The standard InChI is InChI=1S/C17H23N3O/c1-14-5-3-4-6-16(14)21-15-7-10-20(11-8-15)13-17-18-9-12-19(17)2/h3-6,9,12,15H,7-8,10-11,13H2,1-2H3. The average Bonchev–Trinajstić information content (AvgIpc) is 2.89. The maximum atomic E-state index is 6.15. The van der Waals surface area contributed by atoms with Gasteiger partial charge in [0.05, 0.1) is 6.54 Å². The van der Waals surface area contributed by atoms with Gasteiger partial charge in [-0.15, -0.1) is 0 Å². The van der Waals surface area contributed by atoms with E-state index in [1.54, 1.807) is 0 Å². The second kappa shape index (κ2) is 6.31. The van der Waals surface area contributed by atoms with Gasteiger partial charge in [-0.2, -0.15) is 0 Å². The molecule has 0 radical (unpaired) electrons. The minimum Gasteiger partial charge on any atom is -0.490 e. The number of para-hydroxylation sites is 1. The fourth-order valence-electron chi connectivity index (χ4n) is 2.80. The summed E-state index contributed by atoms with van der Waals surface area (Å²) in [7, 11) is 2.05. The lowest BCUT2D eigenvalue weighted by Crippen LogP contribution is -2.38. The van der Waals surface area contributed by atoms with Gasteiger partial charge in [0.2, 0.25) is 0 Å². The zero-order valence-corrected chi connectivity index (χ0v) is 12.8. The monoisotopic (exact) mass is 285 g/mol. The zero-order chi connectivity index (χ0) is 14.7. The molecule has 1 aromatic carbocycles. The summed E-state index contributed by atoms with van der Waals surface area (Å²) in [6.07, 6.45) is 6.37. The van der Waals surface area contributed by atoms with E-state index in [1.807, 2.05) is 18.5 Å². The van der Waals surface area contributed by atoms with Gasteiger partial charge in [-0.05, 0) is 31.4 Å². The summed E-state index contributed by atoms with van der Waals surface area (Å²) in [6.45, 7) is 5.18. The van der Waals surface area contributed by atoms with E-state index >= 15 is 0 Å². The minimum atomic E-state index is 0.337. The second-order valence-electron chi connectivity index (χ2n) is 5.81. The Bertz CT molecular complexity index is 585. The first-order valence-electron chi connectivity index (χ1n) is 7.63. The molecule has 4 nitrogen and oxygen atoms in total. The summed E-state index contributed by atoms with van der Waals surface area (Å²) < 4.78 is 8.24. The van der Waals surface area contributed by atoms with Crippen LogP contribution in [0.4, 0.5) is 0 Å². The maximum Gasteiger partial charge on any atom is 0.122 e. The number of rotatable bonds is 4. The molecule has 21 heavy (non-hydrogen) atoms. The van der Waals surface area contributed by atoms with E-state index in [2.05, 4.69) is 46.6 Å². The topological polar surface area (TPSA) is 30.3 Å². The molecule has 1 aliphatic rings. The molecule has 0 spiro atoms. The molecule has 0 N–H and O–H groups in total. The number of hydrogen-bond acceptors (Lipinski definition) is 3. The van der Waals surface area contributed by atoms with Crippen LogP contribution in [-0.2, 0) is 13.6 Å². The molecular formula is C17H23N3O. The predicted molar refractivity (Wildman–Crippen MR) is 83.3 cm³/mol. The zero-order valence-electron chi connectivity index (χ0n) is 12.8. The number of imidazole rings is 1. The molecule has 0 unspecified atom stereocenters. The molecule has 0 amide bonds. The highest BCUT2D eigenvalue weighted by Crippen LogP contribution is 2.22. The van der Waals surface area contributed by atoms with Gasteiger partial charge in [0.25, 0.3) is 0 Å². The highest BCUT2D eigenvalue weighted by atomic mass is 16.5. The van der Waals surface area contributed by atoms with Gasteiger partial charge in [-0.1, -0.05) is 18.2 Å². The van der Waals surface area contributed by atoms with Gasteiger partial charge >= 0.3 is 0 Å². The smallest absolute Gasteiger partial charge is 0.122 e. The van der Waals surface area contributed by atoms with Crippen LogP contribution in [0.15, 0.2) is 36.7 Å². The van der Waals surface area contributed by atoms with Crippen molar-refractivity contribution in [3.63, 3.8) is 0 Å². The van der Waals surface area contributed by atoms with Crippen molar-refractivity contribution < 1.29 is 4.74 Å². The van der Waals surface area contributed by atoms with Gasteiger partial charge in [0.1, 0.15) is 17.7 Å². The SMILES string of the molecule is Cc1ccccc1OC1CCN(Cc2nccn2C)CC1. The summed E-state index contributed by atoms with van der Waals surface area (Å²) in [4.78, 5) is 6.86. The Balaban J connectivity index is 1.51. The predicted octanol–water partition coefficient (Wildman–Crippen LogP) is 2.77. The molecule has 4 heteroatoms. The molecule has 3 rings (SSSR count). The Morgan fingerprint density at radius 3 is 2.67 bits per heavy atom. The Morgan fingerprint density at radius 1 is 1.24 bits per heavy atom. The number of ether oxygens (including phenoxy) is 1. The third-order valence-electron chi connectivity index (χ3n) is 4.21. The van der Waals surface area contributed by atoms with Crippen molar-refractivity contribution in [2.75, 3.05) is 13.1 Å². The molecule has 1 aliphatic heterocycles. The molecule has 0 saturated carbocycles. The molecule has 1 aromatic heterocycles. The summed E-state index contributed by atoms with van der Waals surface area (Å²) >= 11 is 0. The third-order valence-corrected chi connectivity index (χ3v) is 4.21. The number of aromatic nitrogens is 2. The van der Waals surface area contributed by atoms with Crippen molar-refractivity contribution in [1.82, 2.24) is 14.5 Å². The number of likely N-dealkylation sites (tertiary alicyclic amines) is 1. The number of benzene rings is 1. The molecule has 0 atom stereocenters. The van der Waals surface area contributed by atoms with Crippen LogP contribution in [0.2, 0.25) is 0 Å². The third kappa shape index (κ3) is 3.45. The largest absolute Gasteiger partial charge is 0.490 e. The molecule has 1 fully saturated rings. The first-order valence-corrected chi connectivity index (χ1v) is 7.63. The van der Waals surface area contributed by atoms with Crippen LogP contribution in [0, 0.1) is 6.92 Å². The van der Waals surface area contributed by atoms with Gasteiger partial charge < -0.3 is 9.30 Å². The fourth-order valence-corrected chi connectivity index (χ4v) is 2.80. The number of piperidine rings is 1. The van der Waals surface area contributed by atoms with Crippen molar-refractivity contribution in [1.29, 1.82) is 0 Å². The highest BCUT2D eigenvalue weighted by Gasteiger charge is 2.21. The van der Waals surface area contributed by atoms with E-state index < -0.39 is 0 Å². The summed E-state index contributed by atoms with van der Waals surface area (Å²) in [5.74, 6) is 2.16. The van der Waals surface area contributed by atoms with Crippen molar-refractivity contribution in [2.24, 2.45) is 7.05 Å². The Labute approximate surface area is 126 Å². The van der Waals surface area contributed by atoms with Gasteiger partial charge in [0.15, 0.2) is 0 Å². The Kier molecular flexibility index (Phi) is 4.25. The lowest BCUT2D eigenvalue weighted by Gasteiger charge is -2.32. The van der Waals surface area contributed by atoms with E-state index in [1.165, 1.54) is 5.56 Å².